The van der Waals surface area contributed by atoms with Crippen LogP contribution in [0.2, 0.25) is 5.02 Å². The fraction of sp³-hybridized carbons (Fsp3) is 0.609. The average molecular weight is 449 g/mol. The Bertz CT molecular complexity index is 787. The normalized spacial score (nSPS) is 18.6. The summed E-state index contributed by atoms with van der Waals surface area (Å²) in [5.41, 5.74) is 0.370. The number of amides is 4. The number of piperidine rings is 2. The van der Waals surface area contributed by atoms with Crippen molar-refractivity contribution in [3.8, 4) is 0 Å². The highest BCUT2D eigenvalue weighted by molar-refractivity contribution is 6.33. The molecule has 3 rings (SSSR count). The van der Waals surface area contributed by atoms with Gasteiger partial charge in [-0.2, -0.15) is 0 Å². The highest BCUT2D eigenvalue weighted by atomic mass is 35.5. The molecule has 0 saturated carbocycles. The Labute approximate surface area is 189 Å². The molecule has 0 aliphatic carbocycles. The molecule has 4 amide bonds. The number of carbonyl (C=O) groups excluding carboxylic acids is 3. The number of rotatable bonds is 5. The summed E-state index contributed by atoms with van der Waals surface area (Å²) >= 11 is 6.20. The number of benzene rings is 1. The fourth-order valence-corrected chi connectivity index (χ4v) is 4.55. The highest BCUT2D eigenvalue weighted by Crippen LogP contribution is 2.25. The molecule has 2 heterocycles. The largest absolute Gasteiger partial charge is 0.341 e. The Morgan fingerprint density at radius 1 is 0.935 bits per heavy atom. The molecular weight excluding hydrogens is 416 g/mol. The fourth-order valence-electron chi connectivity index (χ4n) is 4.33. The van der Waals surface area contributed by atoms with E-state index in [9.17, 15) is 14.4 Å². The van der Waals surface area contributed by atoms with Gasteiger partial charge in [0.25, 0.3) is 5.91 Å². The summed E-state index contributed by atoms with van der Waals surface area (Å²) in [5, 5.41) is 6.27. The van der Waals surface area contributed by atoms with E-state index in [2.05, 4.69) is 10.6 Å². The first-order chi connectivity index (χ1) is 14.9. The first-order valence-electron chi connectivity index (χ1n) is 11.3. The van der Waals surface area contributed by atoms with E-state index < -0.39 is 6.04 Å². The van der Waals surface area contributed by atoms with Gasteiger partial charge in [-0.1, -0.05) is 23.7 Å². The minimum Gasteiger partial charge on any atom is -0.341 e. The first-order valence-corrected chi connectivity index (χ1v) is 11.6. The van der Waals surface area contributed by atoms with Crippen molar-refractivity contribution >= 4 is 29.4 Å². The van der Waals surface area contributed by atoms with Gasteiger partial charge < -0.3 is 20.4 Å². The minimum absolute atomic E-state index is 0.0230. The van der Waals surface area contributed by atoms with Gasteiger partial charge in [-0.05, 0) is 64.0 Å². The van der Waals surface area contributed by atoms with Crippen LogP contribution < -0.4 is 10.6 Å². The van der Waals surface area contributed by atoms with Crippen LogP contribution in [-0.4, -0.2) is 65.9 Å². The lowest BCUT2D eigenvalue weighted by Crippen LogP contribution is -2.56. The van der Waals surface area contributed by atoms with E-state index in [1.54, 1.807) is 29.2 Å². The number of nitrogens with one attached hydrogen (secondary N) is 2. The lowest BCUT2D eigenvalue weighted by molar-refractivity contribution is -0.136. The van der Waals surface area contributed by atoms with Crippen LogP contribution in [0.25, 0.3) is 0 Å². The molecule has 1 unspecified atom stereocenters. The van der Waals surface area contributed by atoms with Crippen molar-refractivity contribution < 1.29 is 14.4 Å². The van der Waals surface area contributed by atoms with Crippen molar-refractivity contribution in [2.75, 3.05) is 26.2 Å². The third-order valence-corrected chi connectivity index (χ3v) is 6.38. The average Bonchev–Trinajstić information content (AvgIpc) is 2.77. The summed E-state index contributed by atoms with van der Waals surface area (Å²) in [5.74, 6) is -0.380. The Morgan fingerprint density at radius 3 is 2.19 bits per heavy atom. The van der Waals surface area contributed by atoms with Crippen LogP contribution in [0, 0.1) is 5.92 Å². The van der Waals surface area contributed by atoms with Crippen LogP contribution in [0.4, 0.5) is 4.79 Å². The zero-order chi connectivity index (χ0) is 22.4. The lowest BCUT2D eigenvalue weighted by atomic mass is 9.88. The molecule has 1 aromatic rings. The summed E-state index contributed by atoms with van der Waals surface area (Å²) in [6.45, 7) is 6.45. The van der Waals surface area contributed by atoms with E-state index in [4.69, 9.17) is 11.6 Å². The number of urea groups is 1. The standard InChI is InChI=1S/C23H33ClN4O3/c1-16(2)25-23(31)28-14-10-17(11-15-28)20(22(30)27-12-6-3-7-13-27)26-21(29)18-8-4-5-9-19(18)24/h4-5,8-9,16-17,20H,3,6-7,10-15H2,1-2H3,(H,25,31)(H,26,29). The molecule has 0 spiro atoms. The molecule has 2 aliphatic rings. The van der Waals surface area contributed by atoms with E-state index in [1.165, 1.54) is 0 Å². The Morgan fingerprint density at radius 2 is 1.58 bits per heavy atom. The van der Waals surface area contributed by atoms with Crippen molar-refractivity contribution in [3.63, 3.8) is 0 Å². The Kier molecular flexibility index (Phi) is 8.18. The van der Waals surface area contributed by atoms with Gasteiger partial charge in [0.2, 0.25) is 5.91 Å². The monoisotopic (exact) mass is 448 g/mol. The second kappa shape index (κ2) is 10.8. The molecule has 2 saturated heterocycles. The van der Waals surface area contributed by atoms with Crippen molar-refractivity contribution in [2.45, 2.75) is 58.0 Å². The van der Waals surface area contributed by atoms with Crippen LogP contribution in [0.3, 0.4) is 0 Å². The van der Waals surface area contributed by atoms with Gasteiger partial charge in [-0.25, -0.2) is 4.79 Å². The number of hydrogen-bond donors (Lipinski definition) is 2. The van der Waals surface area contributed by atoms with E-state index >= 15 is 0 Å². The van der Waals surface area contributed by atoms with Gasteiger partial charge in [0.05, 0.1) is 10.6 Å². The highest BCUT2D eigenvalue weighted by Gasteiger charge is 2.36. The Hall–Kier alpha value is -2.28. The molecule has 2 fully saturated rings. The van der Waals surface area contributed by atoms with Crippen molar-refractivity contribution in [3.05, 3.63) is 34.9 Å². The molecular formula is C23H33ClN4O3. The molecule has 0 aromatic heterocycles. The zero-order valence-electron chi connectivity index (χ0n) is 18.4. The molecule has 2 aliphatic heterocycles. The second-order valence-corrected chi connectivity index (χ2v) is 9.15. The molecule has 1 atom stereocenters. The quantitative estimate of drug-likeness (QED) is 0.725. The van der Waals surface area contributed by atoms with Crippen LogP contribution in [0.5, 0.6) is 0 Å². The predicted octanol–water partition coefficient (Wildman–Crippen LogP) is 3.28. The van der Waals surface area contributed by atoms with Gasteiger partial charge in [-0.3, -0.25) is 9.59 Å². The van der Waals surface area contributed by atoms with Crippen molar-refractivity contribution in [2.24, 2.45) is 5.92 Å². The summed E-state index contributed by atoms with van der Waals surface area (Å²) in [6, 6.07) is 6.25. The minimum atomic E-state index is -0.614. The van der Waals surface area contributed by atoms with Crippen LogP contribution in [-0.2, 0) is 4.79 Å². The molecule has 8 heteroatoms. The number of hydrogen-bond acceptors (Lipinski definition) is 3. The molecule has 0 bridgehead atoms. The van der Waals surface area contributed by atoms with E-state index in [0.29, 0.717) is 36.5 Å². The molecule has 170 valence electrons. The SMILES string of the molecule is CC(C)NC(=O)N1CCC(C(NC(=O)c2ccccc2Cl)C(=O)N2CCCCC2)CC1. The van der Waals surface area contributed by atoms with Gasteiger partial charge in [0.15, 0.2) is 0 Å². The van der Waals surface area contributed by atoms with E-state index in [1.807, 2.05) is 18.7 Å². The van der Waals surface area contributed by atoms with Gasteiger partial charge >= 0.3 is 6.03 Å². The predicted molar refractivity (Wildman–Crippen MR) is 121 cm³/mol. The van der Waals surface area contributed by atoms with Crippen LogP contribution in [0.15, 0.2) is 24.3 Å². The maximum atomic E-state index is 13.4. The molecule has 1 aromatic carbocycles. The maximum absolute atomic E-state index is 13.4. The smallest absolute Gasteiger partial charge is 0.317 e. The second-order valence-electron chi connectivity index (χ2n) is 8.75. The zero-order valence-corrected chi connectivity index (χ0v) is 19.2. The van der Waals surface area contributed by atoms with Gasteiger partial charge in [0.1, 0.15) is 6.04 Å². The Balaban J connectivity index is 1.72. The molecule has 31 heavy (non-hydrogen) atoms. The number of nitrogens with zero attached hydrogens (tertiary/aromatic N) is 2. The topological polar surface area (TPSA) is 81.8 Å². The lowest BCUT2D eigenvalue weighted by Gasteiger charge is -2.38. The van der Waals surface area contributed by atoms with Crippen LogP contribution in [0.1, 0.15) is 56.3 Å². The van der Waals surface area contributed by atoms with Crippen LogP contribution >= 0.6 is 11.6 Å². The number of halogens is 1. The summed E-state index contributed by atoms with van der Waals surface area (Å²) in [4.78, 5) is 42.3. The first kappa shape index (κ1) is 23.4. The number of carbonyl (C=O) groups is 3. The summed E-state index contributed by atoms with van der Waals surface area (Å²) in [7, 11) is 0. The molecule has 0 radical (unpaired) electrons. The maximum Gasteiger partial charge on any atom is 0.317 e. The van der Waals surface area contributed by atoms with E-state index in [0.717, 1.165) is 32.4 Å². The van der Waals surface area contributed by atoms with Gasteiger partial charge in [0, 0.05) is 32.2 Å². The third kappa shape index (κ3) is 6.12. The van der Waals surface area contributed by atoms with Gasteiger partial charge in [-0.15, -0.1) is 0 Å². The third-order valence-electron chi connectivity index (χ3n) is 6.05. The summed E-state index contributed by atoms with van der Waals surface area (Å²) in [6.07, 6.45) is 4.44. The molecule has 2 N–H and O–H groups in total. The molecule has 7 nitrogen and oxygen atoms in total. The van der Waals surface area contributed by atoms with E-state index in [-0.39, 0.29) is 29.8 Å². The van der Waals surface area contributed by atoms with Crippen molar-refractivity contribution in [1.29, 1.82) is 0 Å². The van der Waals surface area contributed by atoms with Crippen molar-refractivity contribution in [1.82, 2.24) is 20.4 Å². The number of likely N-dealkylation sites (tertiary alicyclic amines) is 2. The summed E-state index contributed by atoms with van der Waals surface area (Å²) < 4.78 is 0.